The van der Waals surface area contributed by atoms with Gasteiger partial charge >= 0.3 is 0 Å². The molecule has 0 radical (unpaired) electrons. The first kappa shape index (κ1) is 20.1. The van der Waals surface area contributed by atoms with Gasteiger partial charge in [-0.15, -0.1) is 10.2 Å². The maximum Gasteiger partial charge on any atom is 0.231 e. The van der Waals surface area contributed by atoms with Gasteiger partial charge in [0.1, 0.15) is 5.82 Å². The van der Waals surface area contributed by atoms with Gasteiger partial charge in [0.15, 0.2) is 20.8 Å². The summed E-state index contributed by atoms with van der Waals surface area (Å²) in [6.45, 7) is 1.82. The fourth-order valence-electron chi connectivity index (χ4n) is 3.74. The zero-order valence-electron chi connectivity index (χ0n) is 16.2. The number of carbonyl (C=O) groups is 2. The van der Waals surface area contributed by atoms with Crippen molar-refractivity contribution >= 4 is 39.0 Å². The minimum atomic E-state index is -2.92. The Balaban J connectivity index is 1.39. The molecule has 0 aliphatic carbocycles. The standard InChI is InChI=1S/C19H22N4O4S2/c1-11-14-8-13(3-4-15(14)20-18(11)25)16(24)9-28-19-22-21-17(23(19)2)7-12-5-6-29(26,27)10-12/h3-4,8,11-12H,5-7,9-10H2,1-2H3,(H,20,25)/t11-,12+/m0/s1. The first-order valence-corrected chi connectivity index (χ1v) is 12.2. The largest absolute Gasteiger partial charge is 0.325 e. The van der Waals surface area contributed by atoms with E-state index >= 15 is 0 Å². The van der Waals surface area contributed by atoms with Gasteiger partial charge in [0.25, 0.3) is 0 Å². The lowest BCUT2D eigenvalue weighted by atomic mass is 9.99. The van der Waals surface area contributed by atoms with Gasteiger partial charge in [-0.1, -0.05) is 11.8 Å². The lowest BCUT2D eigenvalue weighted by Crippen LogP contribution is -2.11. The molecule has 1 aromatic carbocycles. The van der Waals surface area contributed by atoms with Crippen LogP contribution in [0.3, 0.4) is 0 Å². The van der Waals surface area contributed by atoms with Crippen LogP contribution >= 0.6 is 11.8 Å². The van der Waals surface area contributed by atoms with Crippen LogP contribution in [0.25, 0.3) is 0 Å². The first-order chi connectivity index (χ1) is 13.7. The van der Waals surface area contributed by atoms with Gasteiger partial charge in [0, 0.05) is 24.7 Å². The van der Waals surface area contributed by atoms with Crippen molar-refractivity contribution in [3.05, 3.63) is 35.2 Å². The highest BCUT2D eigenvalue weighted by atomic mass is 32.2. The van der Waals surface area contributed by atoms with E-state index in [1.165, 1.54) is 11.8 Å². The van der Waals surface area contributed by atoms with E-state index in [2.05, 4.69) is 15.5 Å². The molecule has 0 saturated carbocycles. The molecule has 2 aliphatic heterocycles. The summed E-state index contributed by atoms with van der Waals surface area (Å²) in [5, 5.41) is 11.8. The zero-order chi connectivity index (χ0) is 20.8. The fourth-order valence-corrected chi connectivity index (χ4v) is 6.43. The van der Waals surface area contributed by atoms with Crippen LogP contribution in [0, 0.1) is 5.92 Å². The first-order valence-electron chi connectivity index (χ1n) is 9.43. The van der Waals surface area contributed by atoms with Gasteiger partial charge in [-0.2, -0.15) is 0 Å². The Morgan fingerprint density at radius 2 is 2.14 bits per heavy atom. The van der Waals surface area contributed by atoms with Crippen molar-refractivity contribution in [2.24, 2.45) is 13.0 Å². The van der Waals surface area contributed by atoms with Crippen molar-refractivity contribution < 1.29 is 18.0 Å². The van der Waals surface area contributed by atoms with Gasteiger partial charge in [0.2, 0.25) is 5.91 Å². The lowest BCUT2D eigenvalue weighted by molar-refractivity contribution is -0.116. The highest BCUT2D eigenvalue weighted by Crippen LogP contribution is 2.33. The molecule has 0 spiro atoms. The predicted octanol–water partition coefficient (Wildman–Crippen LogP) is 1.82. The van der Waals surface area contributed by atoms with E-state index in [-0.39, 0.29) is 40.8 Å². The molecule has 3 heterocycles. The van der Waals surface area contributed by atoms with Crippen molar-refractivity contribution in [2.45, 2.75) is 30.8 Å². The Bertz CT molecular complexity index is 1090. The normalized spacial score (nSPS) is 22.5. The van der Waals surface area contributed by atoms with Gasteiger partial charge < -0.3 is 9.88 Å². The number of hydrogen-bond donors (Lipinski definition) is 1. The number of ketones is 1. The number of thioether (sulfide) groups is 1. The zero-order valence-corrected chi connectivity index (χ0v) is 17.8. The Labute approximate surface area is 173 Å². The summed E-state index contributed by atoms with van der Waals surface area (Å²) in [5.74, 6) is 1.10. The van der Waals surface area contributed by atoms with Crippen LogP contribution in [-0.2, 0) is 28.1 Å². The Kier molecular flexibility index (Phi) is 5.24. The summed E-state index contributed by atoms with van der Waals surface area (Å²) in [6.07, 6.45) is 1.23. The molecule has 0 bridgehead atoms. The Morgan fingerprint density at radius 3 is 2.86 bits per heavy atom. The summed E-state index contributed by atoms with van der Waals surface area (Å²) in [7, 11) is -1.09. The number of rotatable bonds is 6. The number of nitrogens with zero attached hydrogens (tertiary/aromatic N) is 3. The molecule has 1 aromatic heterocycles. The highest BCUT2D eigenvalue weighted by Gasteiger charge is 2.30. The number of Topliss-reactive ketones (excluding diaryl/α,β-unsaturated/α-hetero) is 1. The number of carbonyl (C=O) groups excluding carboxylic acids is 2. The number of amides is 1. The van der Waals surface area contributed by atoms with Gasteiger partial charge in [-0.3, -0.25) is 9.59 Å². The summed E-state index contributed by atoms with van der Waals surface area (Å²) in [5.41, 5.74) is 2.18. The van der Waals surface area contributed by atoms with E-state index in [1.807, 2.05) is 18.5 Å². The van der Waals surface area contributed by atoms with Crippen LogP contribution in [-0.4, -0.2) is 52.1 Å². The molecule has 154 valence electrons. The molecule has 8 nitrogen and oxygen atoms in total. The molecule has 1 saturated heterocycles. The molecule has 2 aromatic rings. The van der Waals surface area contributed by atoms with Gasteiger partial charge in [0.05, 0.1) is 23.2 Å². The lowest BCUT2D eigenvalue weighted by Gasteiger charge is -2.08. The number of hydrogen-bond acceptors (Lipinski definition) is 7. The molecule has 2 aliphatic rings. The highest BCUT2D eigenvalue weighted by molar-refractivity contribution is 7.99. The van der Waals surface area contributed by atoms with E-state index in [9.17, 15) is 18.0 Å². The minimum absolute atomic E-state index is 0.0456. The molecular weight excluding hydrogens is 412 g/mol. The van der Waals surface area contributed by atoms with E-state index < -0.39 is 9.84 Å². The van der Waals surface area contributed by atoms with Crippen molar-refractivity contribution in [3.63, 3.8) is 0 Å². The van der Waals surface area contributed by atoms with Crippen molar-refractivity contribution in [2.75, 3.05) is 22.6 Å². The summed E-state index contributed by atoms with van der Waals surface area (Å²) in [4.78, 5) is 24.4. The van der Waals surface area contributed by atoms with Crippen LogP contribution in [0.5, 0.6) is 0 Å². The quantitative estimate of drug-likeness (QED) is 0.545. The fraction of sp³-hybridized carbons (Fsp3) is 0.474. The summed E-state index contributed by atoms with van der Waals surface area (Å²) < 4.78 is 25.1. The van der Waals surface area contributed by atoms with Gasteiger partial charge in [-0.25, -0.2) is 8.42 Å². The maximum absolute atomic E-state index is 12.6. The molecule has 2 atom stereocenters. The Hall–Kier alpha value is -2.20. The van der Waals surface area contributed by atoms with Crippen molar-refractivity contribution in [3.8, 4) is 0 Å². The minimum Gasteiger partial charge on any atom is -0.325 e. The molecule has 29 heavy (non-hydrogen) atoms. The number of sulfone groups is 1. The van der Waals surface area contributed by atoms with Crippen LogP contribution in [0.15, 0.2) is 23.4 Å². The molecule has 1 amide bonds. The van der Waals surface area contributed by atoms with Crippen LogP contribution in [0.2, 0.25) is 0 Å². The average Bonchev–Trinajstić information content (AvgIpc) is 3.30. The maximum atomic E-state index is 12.6. The topological polar surface area (TPSA) is 111 Å². The second kappa shape index (κ2) is 7.56. The molecule has 1 N–H and O–H groups in total. The van der Waals surface area contributed by atoms with Crippen LogP contribution in [0.1, 0.15) is 41.0 Å². The monoisotopic (exact) mass is 434 g/mol. The number of fused-ring (bicyclic) bond motifs is 1. The van der Waals surface area contributed by atoms with E-state index in [0.29, 0.717) is 23.6 Å². The summed E-state index contributed by atoms with van der Waals surface area (Å²) in [6, 6.07) is 5.27. The molecule has 4 rings (SSSR count). The number of aromatic nitrogens is 3. The third-order valence-corrected chi connectivity index (χ3v) is 8.40. The van der Waals surface area contributed by atoms with Crippen LogP contribution < -0.4 is 5.32 Å². The predicted molar refractivity (Wildman–Crippen MR) is 110 cm³/mol. The van der Waals surface area contributed by atoms with E-state index in [1.54, 1.807) is 18.2 Å². The molecule has 1 fully saturated rings. The average molecular weight is 435 g/mol. The van der Waals surface area contributed by atoms with E-state index in [0.717, 1.165) is 17.1 Å². The second-order valence-corrected chi connectivity index (χ2v) is 10.8. The van der Waals surface area contributed by atoms with Gasteiger partial charge in [-0.05, 0) is 43.0 Å². The third kappa shape index (κ3) is 4.09. The molecular formula is C19H22N4O4S2. The number of anilines is 1. The number of nitrogens with one attached hydrogen (secondary N) is 1. The third-order valence-electron chi connectivity index (χ3n) is 5.55. The van der Waals surface area contributed by atoms with Crippen molar-refractivity contribution in [1.29, 1.82) is 0 Å². The van der Waals surface area contributed by atoms with Crippen LogP contribution in [0.4, 0.5) is 5.69 Å². The summed E-state index contributed by atoms with van der Waals surface area (Å²) >= 11 is 1.30. The molecule has 10 heteroatoms. The molecule has 0 unspecified atom stereocenters. The SMILES string of the molecule is C[C@@H]1C(=O)Nc2ccc(C(=O)CSc3nnc(C[C@H]4CCS(=O)(=O)C4)n3C)cc21. The van der Waals surface area contributed by atoms with Crippen molar-refractivity contribution in [1.82, 2.24) is 14.8 Å². The number of benzene rings is 1. The van der Waals surface area contributed by atoms with E-state index in [4.69, 9.17) is 0 Å². The second-order valence-electron chi connectivity index (χ2n) is 7.66. The Morgan fingerprint density at radius 1 is 1.34 bits per heavy atom. The smallest absolute Gasteiger partial charge is 0.231 e.